The van der Waals surface area contributed by atoms with Crippen LogP contribution in [0.3, 0.4) is 0 Å². The Bertz CT molecular complexity index is 3470. The molecule has 0 aliphatic carbocycles. The second-order valence-electron chi connectivity index (χ2n) is 14.2. The van der Waals surface area contributed by atoms with Crippen molar-refractivity contribution in [1.82, 2.24) is 19.9 Å². The molecule has 0 saturated heterocycles. The van der Waals surface area contributed by atoms with Gasteiger partial charge in [0.05, 0.1) is 10.2 Å². The number of nitrogens with zero attached hydrogens (tertiary/aromatic N) is 4. The lowest BCUT2D eigenvalue weighted by Gasteiger charge is -2.12. The van der Waals surface area contributed by atoms with Gasteiger partial charge < -0.3 is 8.83 Å². The second-order valence-corrected chi connectivity index (χ2v) is 15.2. The van der Waals surface area contributed by atoms with Crippen molar-refractivity contribution < 1.29 is 8.83 Å². The van der Waals surface area contributed by atoms with E-state index < -0.39 is 0 Å². The maximum Gasteiger partial charge on any atom is 0.164 e. The first kappa shape index (κ1) is 31.8. The minimum absolute atomic E-state index is 0.614. The molecular weight excluding hydrogens is 721 g/mol. The Kier molecular flexibility index (Phi) is 7.00. The van der Waals surface area contributed by atoms with Crippen LogP contribution in [-0.2, 0) is 0 Å². The maximum absolute atomic E-state index is 6.62. The smallest absolute Gasteiger partial charge is 0.164 e. The summed E-state index contributed by atoms with van der Waals surface area (Å²) in [5, 5.41) is 7.53. The molecule has 0 unspecified atom stereocenters. The van der Waals surface area contributed by atoms with Gasteiger partial charge in [0.2, 0.25) is 0 Å². The number of hydrogen-bond acceptors (Lipinski definition) is 7. The molecule has 0 aliphatic rings. The lowest BCUT2D eigenvalue weighted by molar-refractivity contribution is 0.668. The standard InChI is InChI=1S/C50H28N4O2S/c1-3-11-29(12-4-1)47-52-48(30-13-5-2-6-14-30)54-49(53-47)34-25-31-15-7-8-16-35(31)38(27-34)32-19-21-37-44(28-32)56-43-24-22-40-46(45(37)43)57-50(51-40)33-20-23-42-39(26-33)36-17-9-10-18-41(36)55-42/h1-28H. The van der Waals surface area contributed by atoms with E-state index in [9.17, 15) is 0 Å². The van der Waals surface area contributed by atoms with Gasteiger partial charge in [-0.2, -0.15) is 0 Å². The topological polar surface area (TPSA) is 77.8 Å². The number of rotatable bonds is 5. The normalized spacial score (nSPS) is 11.9. The third kappa shape index (κ3) is 5.24. The summed E-state index contributed by atoms with van der Waals surface area (Å²) in [7, 11) is 0. The average molecular weight is 749 g/mol. The molecule has 12 aromatic rings. The molecule has 6 nitrogen and oxygen atoms in total. The number of benzene rings is 8. The summed E-state index contributed by atoms with van der Waals surface area (Å²) in [6, 6.07) is 58.1. The Morgan fingerprint density at radius 1 is 0.368 bits per heavy atom. The molecule has 8 aromatic carbocycles. The van der Waals surface area contributed by atoms with Gasteiger partial charge in [-0.1, -0.05) is 109 Å². The molecule has 0 atom stereocenters. The molecule has 57 heavy (non-hydrogen) atoms. The average Bonchev–Trinajstić information content (AvgIpc) is 3.99. The van der Waals surface area contributed by atoms with Gasteiger partial charge in [-0.3, -0.25) is 0 Å². The molecule has 7 heteroatoms. The number of thiazole rings is 1. The van der Waals surface area contributed by atoms with Crippen LogP contribution in [0.1, 0.15) is 0 Å². The Balaban J connectivity index is 0.995. The highest BCUT2D eigenvalue weighted by atomic mass is 32.1. The molecule has 12 rings (SSSR count). The van der Waals surface area contributed by atoms with Gasteiger partial charge in [-0.25, -0.2) is 19.9 Å². The van der Waals surface area contributed by atoms with E-state index in [1.807, 2.05) is 91.0 Å². The van der Waals surface area contributed by atoms with E-state index in [4.69, 9.17) is 28.8 Å². The first-order valence-electron chi connectivity index (χ1n) is 18.8. The van der Waals surface area contributed by atoms with Crippen LogP contribution in [0.15, 0.2) is 179 Å². The lowest BCUT2D eigenvalue weighted by Crippen LogP contribution is -2.00. The van der Waals surface area contributed by atoms with Crippen molar-refractivity contribution in [1.29, 1.82) is 0 Å². The monoisotopic (exact) mass is 748 g/mol. The van der Waals surface area contributed by atoms with Crippen molar-refractivity contribution in [2.75, 3.05) is 0 Å². The van der Waals surface area contributed by atoms with Crippen LogP contribution < -0.4 is 0 Å². The zero-order valence-corrected chi connectivity index (χ0v) is 31.0. The fourth-order valence-electron chi connectivity index (χ4n) is 8.01. The molecule has 0 radical (unpaired) electrons. The van der Waals surface area contributed by atoms with Crippen molar-refractivity contribution in [3.05, 3.63) is 170 Å². The number of aromatic nitrogens is 4. The summed E-state index contributed by atoms with van der Waals surface area (Å²) in [5.41, 5.74) is 10.3. The molecule has 0 aliphatic heterocycles. The molecule has 4 aromatic heterocycles. The van der Waals surface area contributed by atoms with Crippen LogP contribution in [0.5, 0.6) is 0 Å². The van der Waals surface area contributed by atoms with Gasteiger partial charge in [0.25, 0.3) is 0 Å². The molecule has 266 valence electrons. The fourth-order valence-corrected chi connectivity index (χ4v) is 9.13. The van der Waals surface area contributed by atoms with Gasteiger partial charge in [0.1, 0.15) is 27.3 Å². The number of furan rings is 2. The molecule has 0 amide bonds. The van der Waals surface area contributed by atoms with Crippen LogP contribution in [-0.4, -0.2) is 19.9 Å². The van der Waals surface area contributed by atoms with Gasteiger partial charge in [0.15, 0.2) is 17.5 Å². The minimum Gasteiger partial charge on any atom is -0.456 e. The Labute approximate surface area is 329 Å². The van der Waals surface area contributed by atoms with Crippen molar-refractivity contribution in [2.24, 2.45) is 0 Å². The zero-order valence-electron chi connectivity index (χ0n) is 30.2. The van der Waals surface area contributed by atoms with Crippen LogP contribution in [0.4, 0.5) is 0 Å². The summed E-state index contributed by atoms with van der Waals surface area (Å²) in [5.74, 6) is 1.87. The van der Waals surface area contributed by atoms with Crippen molar-refractivity contribution >= 4 is 76.2 Å². The van der Waals surface area contributed by atoms with E-state index in [2.05, 4.69) is 78.9 Å². The maximum atomic E-state index is 6.62. The quantitative estimate of drug-likeness (QED) is 0.174. The molecule has 0 spiro atoms. The van der Waals surface area contributed by atoms with E-state index in [0.717, 1.165) is 103 Å². The summed E-state index contributed by atoms with van der Waals surface area (Å²) >= 11 is 1.70. The Hall–Kier alpha value is -7.48. The minimum atomic E-state index is 0.614. The van der Waals surface area contributed by atoms with Crippen LogP contribution >= 0.6 is 11.3 Å². The van der Waals surface area contributed by atoms with E-state index in [0.29, 0.717) is 17.5 Å². The van der Waals surface area contributed by atoms with Crippen molar-refractivity contribution in [2.45, 2.75) is 0 Å². The molecular formula is C50H28N4O2S. The predicted octanol–water partition coefficient (Wildman–Crippen LogP) is 13.8. The van der Waals surface area contributed by atoms with Gasteiger partial charge in [-0.15, -0.1) is 11.3 Å². The van der Waals surface area contributed by atoms with Gasteiger partial charge in [-0.05, 0) is 82.6 Å². The fraction of sp³-hybridized carbons (Fsp3) is 0. The van der Waals surface area contributed by atoms with Crippen LogP contribution in [0.25, 0.3) is 121 Å². The van der Waals surface area contributed by atoms with Crippen LogP contribution in [0.2, 0.25) is 0 Å². The number of para-hydroxylation sites is 1. The second kappa shape index (κ2) is 12.5. The van der Waals surface area contributed by atoms with Gasteiger partial charge in [0, 0.05) is 43.8 Å². The Morgan fingerprint density at radius 2 is 1.00 bits per heavy atom. The highest BCUT2D eigenvalue weighted by Crippen LogP contribution is 2.43. The number of hydrogen-bond donors (Lipinski definition) is 0. The van der Waals surface area contributed by atoms with Crippen molar-refractivity contribution in [3.8, 4) is 55.9 Å². The predicted molar refractivity (Wildman–Crippen MR) is 232 cm³/mol. The molecule has 0 saturated carbocycles. The van der Waals surface area contributed by atoms with E-state index in [-0.39, 0.29) is 0 Å². The van der Waals surface area contributed by atoms with E-state index in [1.54, 1.807) is 11.3 Å². The van der Waals surface area contributed by atoms with Crippen LogP contribution in [0, 0.1) is 0 Å². The summed E-state index contributed by atoms with van der Waals surface area (Å²) in [6.07, 6.45) is 0. The SMILES string of the molecule is c1ccc(-c2nc(-c3ccccc3)nc(-c3cc(-c4ccc5c(c4)oc4ccc6nc(-c7ccc8oc9ccccc9c8c7)sc6c45)c4ccccc4c3)n2)cc1. The number of fused-ring (bicyclic) bond motifs is 9. The molecule has 0 N–H and O–H groups in total. The molecule has 4 heterocycles. The largest absolute Gasteiger partial charge is 0.456 e. The van der Waals surface area contributed by atoms with E-state index in [1.165, 1.54) is 0 Å². The first-order valence-corrected chi connectivity index (χ1v) is 19.6. The Morgan fingerprint density at radius 3 is 1.79 bits per heavy atom. The molecule has 0 fully saturated rings. The summed E-state index contributed by atoms with van der Waals surface area (Å²) in [6.45, 7) is 0. The lowest BCUT2D eigenvalue weighted by atomic mass is 9.94. The van der Waals surface area contributed by atoms with Gasteiger partial charge >= 0.3 is 0 Å². The summed E-state index contributed by atoms with van der Waals surface area (Å²) < 4.78 is 13.8. The van der Waals surface area contributed by atoms with E-state index >= 15 is 0 Å². The van der Waals surface area contributed by atoms with Crippen molar-refractivity contribution in [3.63, 3.8) is 0 Å². The summed E-state index contributed by atoms with van der Waals surface area (Å²) in [4.78, 5) is 20.1. The first-order chi connectivity index (χ1) is 28.2. The third-order valence-electron chi connectivity index (χ3n) is 10.7. The highest BCUT2D eigenvalue weighted by Gasteiger charge is 2.19. The highest BCUT2D eigenvalue weighted by molar-refractivity contribution is 7.22. The molecule has 0 bridgehead atoms. The zero-order chi connectivity index (χ0) is 37.5. The third-order valence-corrected chi connectivity index (χ3v) is 11.9.